The van der Waals surface area contributed by atoms with Gasteiger partial charge < -0.3 is 5.32 Å². The van der Waals surface area contributed by atoms with Gasteiger partial charge in [0, 0.05) is 6.04 Å². The predicted molar refractivity (Wildman–Crippen MR) is 70.1 cm³/mol. The van der Waals surface area contributed by atoms with E-state index in [1.807, 2.05) is 6.92 Å². The third-order valence-electron chi connectivity index (χ3n) is 3.35. The second kappa shape index (κ2) is 5.09. The number of hydrogen-bond donors (Lipinski definition) is 1. The molecule has 0 radical (unpaired) electrons. The van der Waals surface area contributed by atoms with Crippen LogP contribution in [0.5, 0.6) is 0 Å². The number of halogens is 1. The van der Waals surface area contributed by atoms with Crippen LogP contribution >= 0.6 is 0 Å². The molecule has 5 heteroatoms. The Labute approximate surface area is 111 Å². The van der Waals surface area contributed by atoms with E-state index in [2.05, 4.69) is 15.4 Å². The highest BCUT2D eigenvalue weighted by atomic mass is 19.1. The van der Waals surface area contributed by atoms with Crippen molar-refractivity contribution in [2.45, 2.75) is 38.9 Å². The molecule has 1 aliphatic carbocycles. The second-order valence-corrected chi connectivity index (χ2v) is 5.08. The Morgan fingerprint density at radius 3 is 3.00 bits per heavy atom. The van der Waals surface area contributed by atoms with Gasteiger partial charge in [0.25, 0.3) is 0 Å². The summed E-state index contributed by atoms with van der Waals surface area (Å²) in [6, 6.07) is 5.48. The number of aromatic nitrogens is 3. The molecule has 0 spiro atoms. The molecule has 1 aromatic carbocycles. The van der Waals surface area contributed by atoms with E-state index in [0.717, 1.165) is 23.5 Å². The number of rotatable bonds is 5. The summed E-state index contributed by atoms with van der Waals surface area (Å²) in [7, 11) is 0. The van der Waals surface area contributed by atoms with Crippen LogP contribution in [0.15, 0.2) is 24.5 Å². The zero-order valence-corrected chi connectivity index (χ0v) is 10.9. The molecule has 2 aromatic rings. The summed E-state index contributed by atoms with van der Waals surface area (Å²) in [5.41, 5.74) is 2.00. The van der Waals surface area contributed by atoms with E-state index in [1.54, 1.807) is 23.1 Å². The summed E-state index contributed by atoms with van der Waals surface area (Å²) in [6.07, 6.45) is 4.25. The van der Waals surface area contributed by atoms with Crippen molar-refractivity contribution in [3.8, 4) is 0 Å². The number of aryl methyl sites for hydroxylation is 1. The highest BCUT2D eigenvalue weighted by Crippen LogP contribution is 2.18. The predicted octanol–water partition coefficient (Wildman–Crippen LogP) is 2.03. The molecular weight excluding hydrogens is 243 g/mol. The highest BCUT2D eigenvalue weighted by Gasteiger charge is 2.20. The van der Waals surface area contributed by atoms with Crippen molar-refractivity contribution in [3.63, 3.8) is 0 Å². The fraction of sp³-hybridized carbons (Fsp3) is 0.429. The van der Waals surface area contributed by atoms with Crippen LogP contribution in [0, 0.1) is 12.7 Å². The molecule has 3 rings (SSSR count). The largest absolute Gasteiger partial charge is 0.307 e. The van der Waals surface area contributed by atoms with E-state index in [4.69, 9.17) is 0 Å². The molecule has 0 atom stereocenters. The van der Waals surface area contributed by atoms with Gasteiger partial charge in [-0.15, -0.1) is 0 Å². The molecule has 0 bridgehead atoms. The Hall–Kier alpha value is -1.75. The molecule has 0 amide bonds. The van der Waals surface area contributed by atoms with Gasteiger partial charge in [0.2, 0.25) is 0 Å². The average molecular weight is 260 g/mol. The molecule has 1 aliphatic rings. The Bertz CT molecular complexity index is 575. The minimum atomic E-state index is -0.200. The van der Waals surface area contributed by atoms with Gasteiger partial charge >= 0.3 is 0 Å². The molecular formula is C14H17FN4. The van der Waals surface area contributed by atoms with E-state index in [-0.39, 0.29) is 5.82 Å². The minimum Gasteiger partial charge on any atom is -0.307 e. The zero-order chi connectivity index (χ0) is 13.2. The maximum atomic E-state index is 13.0. The molecule has 0 aliphatic heterocycles. The van der Waals surface area contributed by atoms with Crippen LogP contribution in [-0.4, -0.2) is 20.8 Å². The van der Waals surface area contributed by atoms with Gasteiger partial charge in [-0.2, -0.15) is 5.10 Å². The summed E-state index contributed by atoms with van der Waals surface area (Å²) in [6.45, 7) is 3.26. The van der Waals surface area contributed by atoms with Crippen molar-refractivity contribution in [1.82, 2.24) is 20.1 Å². The van der Waals surface area contributed by atoms with Crippen LogP contribution in [0.1, 0.15) is 29.8 Å². The Morgan fingerprint density at radius 2 is 2.26 bits per heavy atom. The first-order valence-corrected chi connectivity index (χ1v) is 6.57. The maximum Gasteiger partial charge on any atom is 0.164 e. The minimum absolute atomic E-state index is 0.200. The summed E-state index contributed by atoms with van der Waals surface area (Å²) in [5, 5.41) is 7.80. The van der Waals surface area contributed by atoms with E-state index in [1.165, 1.54) is 18.9 Å². The van der Waals surface area contributed by atoms with Crippen LogP contribution in [0.2, 0.25) is 0 Å². The van der Waals surface area contributed by atoms with Crippen molar-refractivity contribution < 1.29 is 4.39 Å². The van der Waals surface area contributed by atoms with Crippen LogP contribution in [0.25, 0.3) is 0 Å². The van der Waals surface area contributed by atoms with Crippen molar-refractivity contribution >= 4 is 0 Å². The van der Waals surface area contributed by atoms with Crippen molar-refractivity contribution in [3.05, 3.63) is 47.3 Å². The van der Waals surface area contributed by atoms with E-state index in [0.29, 0.717) is 12.6 Å². The Morgan fingerprint density at radius 1 is 1.42 bits per heavy atom. The van der Waals surface area contributed by atoms with Gasteiger partial charge in [0.1, 0.15) is 12.1 Å². The van der Waals surface area contributed by atoms with Gasteiger partial charge in [-0.1, -0.05) is 6.07 Å². The fourth-order valence-corrected chi connectivity index (χ4v) is 2.02. The molecule has 100 valence electrons. The maximum absolute atomic E-state index is 13.0. The lowest BCUT2D eigenvalue weighted by Crippen LogP contribution is -2.16. The average Bonchev–Trinajstić information content (AvgIpc) is 3.10. The monoisotopic (exact) mass is 260 g/mol. The van der Waals surface area contributed by atoms with Gasteiger partial charge in [-0.05, 0) is 43.0 Å². The quantitative estimate of drug-likeness (QED) is 0.894. The molecule has 1 heterocycles. The van der Waals surface area contributed by atoms with Crippen LogP contribution in [0.4, 0.5) is 4.39 Å². The van der Waals surface area contributed by atoms with Crippen molar-refractivity contribution in [2.24, 2.45) is 0 Å². The van der Waals surface area contributed by atoms with Gasteiger partial charge in [-0.3, -0.25) is 0 Å². The normalized spacial score (nSPS) is 14.8. The van der Waals surface area contributed by atoms with E-state index >= 15 is 0 Å². The van der Waals surface area contributed by atoms with E-state index in [9.17, 15) is 4.39 Å². The third-order valence-corrected chi connectivity index (χ3v) is 3.35. The lowest BCUT2D eigenvalue weighted by atomic mass is 10.1. The number of hydrogen-bond acceptors (Lipinski definition) is 3. The number of benzene rings is 1. The first-order valence-electron chi connectivity index (χ1n) is 6.57. The van der Waals surface area contributed by atoms with Gasteiger partial charge in [0.05, 0.1) is 13.1 Å². The SMILES string of the molecule is Cc1cc(F)ccc1Cn1cnc(CNC2CC2)n1. The molecule has 19 heavy (non-hydrogen) atoms. The Kier molecular flexibility index (Phi) is 3.29. The molecule has 4 nitrogen and oxygen atoms in total. The first-order chi connectivity index (χ1) is 9.20. The fourth-order valence-electron chi connectivity index (χ4n) is 2.02. The summed E-state index contributed by atoms with van der Waals surface area (Å²) in [4.78, 5) is 4.27. The van der Waals surface area contributed by atoms with Crippen molar-refractivity contribution in [1.29, 1.82) is 0 Å². The molecule has 0 saturated heterocycles. The van der Waals surface area contributed by atoms with Crippen LogP contribution < -0.4 is 5.32 Å². The number of nitrogens with one attached hydrogen (secondary N) is 1. The standard InChI is InChI=1S/C14H17FN4/c1-10-6-12(15)3-2-11(10)8-19-9-17-14(18-19)7-16-13-4-5-13/h2-3,6,9,13,16H,4-5,7-8H2,1H3. The van der Waals surface area contributed by atoms with Crippen LogP contribution in [-0.2, 0) is 13.1 Å². The van der Waals surface area contributed by atoms with Crippen LogP contribution in [0.3, 0.4) is 0 Å². The first kappa shape index (κ1) is 12.3. The van der Waals surface area contributed by atoms with E-state index < -0.39 is 0 Å². The van der Waals surface area contributed by atoms with Gasteiger partial charge in [-0.25, -0.2) is 14.1 Å². The topological polar surface area (TPSA) is 42.7 Å². The number of nitrogens with zero attached hydrogens (tertiary/aromatic N) is 3. The zero-order valence-electron chi connectivity index (χ0n) is 10.9. The third kappa shape index (κ3) is 3.17. The molecule has 1 fully saturated rings. The summed E-state index contributed by atoms with van der Waals surface area (Å²) in [5.74, 6) is 0.612. The molecule has 1 saturated carbocycles. The lowest BCUT2D eigenvalue weighted by Gasteiger charge is -2.05. The highest BCUT2D eigenvalue weighted by molar-refractivity contribution is 5.26. The van der Waals surface area contributed by atoms with Crippen molar-refractivity contribution in [2.75, 3.05) is 0 Å². The lowest BCUT2D eigenvalue weighted by molar-refractivity contribution is 0.616. The second-order valence-electron chi connectivity index (χ2n) is 5.08. The molecule has 1 N–H and O–H groups in total. The molecule has 0 unspecified atom stereocenters. The molecule has 1 aromatic heterocycles. The smallest absolute Gasteiger partial charge is 0.164 e. The van der Waals surface area contributed by atoms with Gasteiger partial charge in [0.15, 0.2) is 5.82 Å². The Balaban J connectivity index is 1.65. The summed E-state index contributed by atoms with van der Waals surface area (Å²) < 4.78 is 14.8. The summed E-state index contributed by atoms with van der Waals surface area (Å²) >= 11 is 0.